The summed E-state index contributed by atoms with van der Waals surface area (Å²) in [6.07, 6.45) is 5.35. The summed E-state index contributed by atoms with van der Waals surface area (Å²) in [6, 6.07) is 3.29. The maximum absolute atomic E-state index is 12.2. The van der Waals surface area contributed by atoms with Crippen LogP contribution in [0.25, 0.3) is 0 Å². The van der Waals surface area contributed by atoms with Crippen molar-refractivity contribution in [3.8, 4) is 0 Å². The molecule has 2 aromatic rings. The van der Waals surface area contributed by atoms with Crippen LogP contribution in [-0.2, 0) is 10.0 Å². The van der Waals surface area contributed by atoms with Crippen molar-refractivity contribution in [1.29, 1.82) is 0 Å². The Balaban J connectivity index is 2.40. The molecule has 0 aliphatic carbocycles. The predicted molar refractivity (Wildman–Crippen MR) is 66.9 cm³/mol. The molecule has 0 radical (unpaired) electrons. The molecule has 0 bridgehead atoms. The van der Waals surface area contributed by atoms with Gasteiger partial charge in [-0.05, 0) is 23.7 Å². The van der Waals surface area contributed by atoms with Gasteiger partial charge in [-0.3, -0.25) is 9.29 Å². The van der Waals surface area contributed by atoms with E-state index >= 15 is 0 Å². The summed E-state index contributed by atoms with van der Waals surface area (Å²) >= 11 is 5.52. The summed E-state index contributed by atoms with van der Waals surface area (Å²) in [5.74, 6) is 0. The Labute approximate surface area is 109 Å². The minimum Gasteiger partial charge on any atom is -0.268 e. The Kier molecular flexibility index (Phi) is 3.44. The third kappa shape index (κ3) is 2.41. The maximum Gasteiger partial charge on any atom is 0.267 e. The Morgan fingerprint density at radius 1 is 1.22 bits per heavy atom. The number of nitrogens with zero attached hydrogens (tertiary/aromatic N) is 4. The first kappa shape index (κ1) is 12.7. The number of hydrogen-bond donors (Lipinski definition) is 0. The summed E-state index contributed by atoms with van der Waals surface area (Å²) in [5, 5.41) is -0.00187. The third-order valence-electron chi connectivity index (χ3n) is 2.26. The first-order valence-corrected chi connectivity index (χ1v) is 6.70. The minimum absolute atomic E-state index is 0.00187. The molecule has 2 aromatic heterocycles. The van der Waals surface area contributed by atoms with E-state index in [-0.39, 0.29) is 10.2 Å². The summed E-state index contributed by atoms with van der Waals surface area (Å²) < 4.78 is 25.5. The lowest BCUT2D eigenvalue weighted by molar-refractivity contribution is 0.593. The van der Waals surface area contributed by atoms with Crippen molar-refractivity contribution in [3.63, 3.8) is 0 Å². The highest BCUT2D eigenvalue weighted by Crippen LogP contribution is 2.19. The first-order valence-electron chi connectivity index (χ1n) is 4.88. The van der Waals surface area contributed by atoms with Gasteiger partial charge in [-0.1, -0.05) is 0 Å². The molecular formula is C10H9ClN4O2S. The molecule has 0 aromatic carbocycles. The van der Waals surface area contributed by atoms with E-state index in [1.807, 2.05) is 0 Å². The van der Waals surface area contributed by atoms with Gasteiger partial charge in [0, 0.05) is 13.2 Å². The largest absolute Gasteiger partial charge is 0.268 e. The zero-order valence-corrected chi connectivity index (χ0v) is 10.9. The van der Waals surface area contributed by atoms with Crippen molar-refractivity contribution in [2.24, 2.45) is 0 Å². The lowest BCUT2D eigenvalue weighted by atomic mass is 10.4. The zero-order chi connectivity index (χ0) is 13.2. The van der Waals surface area contributed by atoms with Crippen molar-refractivity contribution >= 4 is 27.3 Å². The van der Waals surface area contributed by atoms with E-state index in [1.165, 1.54) is 13.2 Å². The molecule has 2 heterocycles. The molecule has 18 heavy (non-hydrogen) atoms. The van der Waals surface area contributed by atoms with Crippen LogP contribution < -0.4 is 4.31 Å². The average molecular weight is 285 g/mol. The Morgan fingerprint density at radius 2 is 1.89 bits per heavy atom. The van der Waals surface area contributed by atoms with Crippen molar-refractivity contribution in [2.45, 2.75) is 4.90 Å². The van der Waals surface area contributed by atoms with E-state index in [9.17, 15) is 8.42 Å². The predicted octanol–water partition coefficient (Wildman–Crippen LogP) is 1.35. The number of hydrogen-bond acceptors (Lipinski definition) is 5. The highest BCUT2D eigenvalue weighted by Gasteiger charge is 2.22. The molecule has 0 unspecified atom stereocenters. The highest BCUT2D eigenvalue weighted by atomic mass is 35.5. The molecule has 0 amide bonds. The summed E-state index contributed by atoms with van der Waals surface area (Å²) in [6.45, 7) is 0. The monoisotopic (exact) mass is 284 g/mol. The zero-order valence-electron chi connectivity index (χ0n) is 9.36. The average Bonchev–Trinajstić information content (AvgIpc) is 2.39. The maximum atomic E-state index is 12.2. The van der Waals surface area contributed by atoms with E-state index in [0.29, 0.717) is 5.69 Å². The fourth-order valence-corrected chi connectivity index (χ4v) is 2.44. The van der Waals surface area contributed by atoms with E-state index in [0.717, 1.165) is 16.7 Å². The van der Waals surface area contributed by atoms with Crippen molar-refractivity contribution in [3.05, 3.63) is 42.2 Å². The number of halogens is 1. The number of pyridine rings is 1. The molecule has 2 rings (SSSR count). The minimum atomic E-state index is -3.70. The normalized spacial score (nSPS) is 11.2. The van der Waals surface area contributed by atoms with Gasteiger partial charge in [0.15, 0.2) is 0 Å². The SMILES string of the molecule is CN(c1cccnc1)S(=O)(=O)c1cnc(Cl)nc1. The van der Waals surface area contributed by atoms with Gasteiger partial charge < -0.3 is 0 Å². The fourth-order valence-electron chi connectivity index (χ4n) is 1.27. The van der Waals surface area contributed by atoms with Crippen LogP contribution in [-0.4, -0.2) is 30.4 Å². The van der Waals surface area contributed by atoms with Gasteiger partial charge in [0.05, 0.1) is 24.3 Å². The molecule has 0 aliphatic rings. The number of sulfonamides is 1. The summed E-state index contributed by atoms with van der Waals surface area (Å²) in [4.78, 5) is 11.1. The number of rotatable bonds is 3. The molecule has 0 saturated carbocycles. The molecule has 8 heteroatoms. The van der Waals surface area contributed by atoms with Crippen LogP contribution in [0.4, 0.5) is 5.69 Å². The van der Waals surface area contributed by atoms with E-state index in [4.69, 9.17) is 11.6 Å². The van der Waals surface area contributed by atoms with Gasteiger partial charge in [0.25, 0.3) is 10.0 Å². The van der Waals surface area contributed by atoms with Crippen LogP contribution in [0.1, 0.15) is 0 Å². The molecule has 0 saturated heterocycles. The van der Waals surface area contributed by atoms with Crippen molar-refractivity contribution in [2.75, 3.05) is 11.4 Å². The van der Waals surface area contributed by atoms with Gasteiger partial charge in [0.2, 0.25) is 5.28 Å². The number of aromatic nitrogens is 3. The molecule has 0 atom stereocenters. The van der Waals surface area contributed by atoms with Gasteiger partial charge in [-0.25, -0.2) is 18.4 Å². The van der Waals surface area contributed by atoms with Crippen LogP contribution in [0.15, 0.2) is 41.8 Å². The van der Waals surface area contributed by atoms with Gasteiger partial charge in [0.1, 0.15) is 4.90 Å². The fraction of sp³-hybridized carbons (Fsp3) is 0.100. The Morgan fingerprint density at radius 3 is 2.44 bits per heavy atom. The van der Waals surface area contributed by atoms with E-state index < -0.39 is 10.0 Å². The van der Waals surface area contributed by atoms with Gasteiger partial charge >= 0.3 is 0 Å². The molecule has 0 spiro atoms. The van der Waals surface area contributed by atoms with Crippen LogP contribution in [0, 0.1) is 0 Å². The third-order valence-corrected chi connectivity index (χ3v) is 4.20. The topological polar surface area (TPSA) is 76.1 Å². The second-order valence-electron chi connectivity index (χ2n) is 3.37. The molecule has 0 N–H and O–H groups in total. The van der Waals surface area contributed by atoms with Crippen molar-refractivity contribution < 1.29 is 8.42 Å². The summed E-state index contributed by atoms with van der Waals surface area (Å²) in [5.41, 5.74) is 0.451. The van der Waals surface area contributed by atoms with Crippen LogP contribution >= 0.6 is 11.6 Å². The van der Waals surface area contributed by atoms with E-state index in [1.54, 1.807) is 18.3 Å². The first-order chi connectivity index (χ1) is 8.51. The smallest absolute Gasteiger partial charge is 0.267 e. The second-order valence-corrected chi connectivity index (χ2v) is 5.68. The van der Waals surface area contributed by atoms with Crippen LogP contribution in [0.5, 0.6) is 0 Å². The molecule has 0 fully saturated rings. The van der Waals surface area contributed by atoms with Gasteiger partial charge in [-0.15, -0.1) is 0 Å². The molecular weight excluding hydrogens is 276 g/mol. The van der Waals surface area contributed by atoms with Crippen LogP contribution in [0.2, 0.25) is 5.28 Å². The lowest BCUT2D eigenvalue weighted by Gasteiger charge is -2.18. The molecule has 6 nitrogen and oxygen atoms in total. The van der Waals surface area contributed by atoms with Crippen molar-refractivity contribution in [1.82, 2.24) is 15.0 Å². The number of anilines is 1. The van der Waals surface area contributed by atoms with E-state index in [2.05, 4.69) is 15.0 Å². The molecule has 94 valence electrons. The standard InChI is InChI=1S/C10H9ClN4O2S/c1-15(8-3-2-4-12-5-8)18(16,17)9-6-13-10(11)14-7-9/h2-7H,1H3. The molecule has 0 aliphatic heterocycles. The Hall–Kier alpha value is -1.73. The Bertz CT molecular complexity index is 631. The second kappa shape index (κ2) is 4.87. The highest BCUT2D eigenvalue weighted by molar-refractivity contribution is 7.92. The summed E-state index contributed by atoms with van der Waals surface area (Å²) in [7, 11) is -2.27. The van der Waals surface area contributed by atoms with Gasteiger partial charge in [-0.2, -0.15) is 0 Å². The lowest BCUT2D eigenvalue weighted by Crippen LogP contribution is -2.26. The van der Waals surface area contributed by atoms with Crippen LogP contribution in [0.3, 0.4) is 0 Å². The quantitative estimate of drug-likeness (QED) is 0.795.